The van der Waals surface area contributed by atoms with E-state index in [9.17, 15) is 20.1 Å². The summed E-state index contributed by atoms with van der Waals surface area (Å²) in [6.45, 7) is 8.50. The van der Waals surface area contributed by atoms with Crippen molar-refractivity contribution in [1.29, 1.82) is 0 Å². The summed E-state index contributed by atoms with van der Waals surface area (Å²) in [4.78, 5) is 11.8. The fraction of sp³-hybridized carbons (Fsp3) is 0.750. The maximum absolute atomic E-state index is 11.8. The van der Waals surface area contributed by atoms with E-state index >= 15 is 0 Å². The van der Waals surface area contributed by atoms with Gasteiger partial charge in [-0.05, 0) is 49.4 Å². The second-order valence-electron chi connectivity index (χ2n) is 8.54. The summed E-state index contributed by atoms with van der Waals surface area (Å²) >= 11 is 0. The summed E-state index contributed by atoms with van der Waals surface area (Å²) in [5.74, 6) is -0.0734. The number of hydrogen-bond acceptors (Lipinski definition) is 5. The van der Waals surface area contributed by atoms with Crippen LogP contribution in [0.5, 0.6) is 0 Å². The van der Waals surface area contributed by atoms with Gasteiger partial charge in [-0.15, -0.1) is 0 Å². The zero-order valence-electron chi connectivity index (χ0n) is 15.2. The summed E-state index contributed by atoms with van der Waals surface area (Å²) in [7, 11) is 0. The fourth-order valence-corrected chi connectivity index (χ4v) is 5.56. The molecule has 0 radical (unpaired) electrons. The Bertz CT molecular complexity index is 597. The lowest BCUT2D eigenvalue weighted by Crippen LogP contribution is -2.57. The zero-order valence-corrected chi connectivity index (χ0v) is 15.2. The minimum absolute atomic E-state index is 0.0280. The number of carbonyl (C=O) groups is 1. The molecule has 5 nitrogen and oxygen atoms in total. The minimum Gasteiger partial charge on any atom is -0.459 e. The van der Waals surface area contributed by atoms with E-state index in [1.807, 2.05) is 13.0 Å². The Labute approximate surface area is 149 Å². The van der Waals surface area contributed by atoms with E-state index in [0.717, 1.165) is 24.8 Å². The van der Waals surface area contributed by atoms with Crippen molar-refractivity contribution in [3.8, 4) is 0 Å². The van der Waals surface area contributed by atoms with Gasteiger partial charge in [-0.2, -0.15) is 0 Å². The van der Waals surface area contributed by atoms with Crippen LogP contribution in [0.2, 0.25) is 0 Å². The lowest BCUT2D eigenvalue weighted by atomic mass is 9.46. The maximum atomic E-state index is 11.8. The third-order valence-corrected chi connectivity index (χ3v) is 7.23. The molecule has 3 fully saturated rings. The smallest absolute Gasteiger partial charge is 0.336 e. The first-order valence-corrected chi connectivity index (χ1v) is 9.26. The van der Waals surface area contributed by atoms with Gasteiger partial charge >= 0.3 is 5.97 Å². The van der Waals surface area contributed by atoms with Crippen molar-refractivity contribution in [3.63, 3.8) is 0 Å². The van der Waals surface area contributed by atoms with E-state index in [2.05, 4.69) is 13.5 Å². The van der Waals surface area contributed by atoms with Gasteiger partial charge in [0.05, 0.1) is 18.3 Å². The molecule has 0 bridgehead atoms. The van der Waals surface area contributed by atoms with Crippen molar-refractivity contribution < 1.29 is 24.9 Å². The molecule has 140 valence electrons. The lowest BCUT2D eigenvalue weighted by molar-refractivity contribution is -0.151. The summed E-state index contributed by atoms with van der Waals surface area (Å²) in [6.07, 6.45) is 4.42. The van der Waals surface area contributed by atoms with E-state index < -0.39 is 23.6 Å². The molecule has 3 rings (SSSR count). The first kappa shape index (κ1) is 18.6. The number of cyclic esters (lactones) is 1. The molecule has 3 aliphatic rings. The molecule has 6 atom stereocenters. The topological polar surface area (TPSA) is 87.0 Å². The highest BCUT2D eigenvalue weighted by Crippen LogP contribution is 2.61. The average molecular weight is 350 g/mol. The largest absolute Gasteiger partial charge is 0.459 e. The highest BCUT2D eigenvalue weighted by atomic mass is 16.6. The number of fused-ring (bicyclic) bond motifs is 1. The van der Waals surface area contributed by atoms with Gasteiger partial charge < -0.3 is 20.1 Å². The molecule has 0 aromatic rings. The van der Waals surface area contributed by atoms with Crippen LogP contribution >= 0.6 is 0 Å². The molecule has 0 aromatic carbocycles. The summed E-state index contributed by atoms with van der Waals surface area (Å²) in [6, 6.07) is 0. The van der Waals surface area contributed by atoms with Gasteiger partial charge in [0, 0.05) is 5.41 Å². The molecule has 0 amide bonds. The number of esters is 1. The van der Waals surface area contributed by atoms with Crippen LogP contribution < -0.4 is 0 Å². The van der Waals surface area contributed by atoms with Crippen LogP contribution in [0.15, 0.2) is 23.8 Å². The summed E-state index contributed by atoms with van der Waals surface area (Å²) in [5, 5.41) is 30.4. The van der Waals surface area contributed by atoms with Crippen LogP contribution in [0.1, 0.15) is 46.0 Å². The number of allylic oxidation sites excluding steroid dienone is 2. The highest BCUT2D eigenvalue weighted by molar-refractivity contribution is 5.91. The molecule has 25 heavy (non-hydrogen) atoms. The van der Waals surface area contributed by atoms with Crippen LogP contribution in [-0.2, 0) is 9.53 Å². The third kappa shape index (κ3) is 2.86. The fourth-order valence-electron chi connectivity index (χ4n) is 5.56. The molecule has 2 aliphatic carbocycles. The molecule has 1 heterocycles. The number of aliphatic hydroxyl groups excluding tert-OH is 3. The van der Waals surface area contributed by atoms with Crippen LogP contribution in [-0.4, -0.2) is 46.7 Å². The molecule has 5 heteroatoms. The van der Waals surface area contributed by atoms with Crippen molar-refractivity contribution >= 4 is 5.97 Å². The van der Waals surface area contributed by atoms with Crippen molar-refractivity contribution in [2.24, 2.45) is 22.7 Å². The zero-order chi connectivity index (χ0) is 18.4. The lowest BCUT2D eigenvalue weighted by Gasteiger charge is -2.59. The number of rotatable bonds is 3. The minimum atomic E-state index is -0.844. The second-order valence-corrected chi connectivity index (χ2v) is 8.54. The standard InChI is InChI=1S/C20H30O5/c1-12-4-7-16-19(2,9-8-17(23)20(16,3)11-21)14(12)6-5-13-15(22)10-25-18(13)24/h5,14-17,21-23H,1,4,6-11H2,2-3H3/b13-5+/t14-,15?,16?,17?,19+,20?/m1/s1. The van der Waals surface area contributed by atoms with Crippen LogP contribution in [0.4, 0.5) is 0 Å². The molecule has 1 aliphatic heterocycles. The first-order valence-electron chi connectivity index (χ1n) is 9.26. The van der Waals surface area contributed by atoms with Gasteiger partial charge in [0.15, 0.2) is 0 Å². The Morgan fingerprint density at radius 2 is 2.04 bits per heavy atom. The van der Waals surface area contributed by atoms with Gasteiger partial charge in [-0.1, -0.05) is 32.1 Å². The maximum Gasteiger partial charge on any atom is 0.336 e. The highest BCUT2D eigenvalue weighted by Gasteiger charge is 2.57. The predicted octanol–water partition coefficient (Wildman–Crippen LogP) is 1.96. The Hall–Kier alpha value is -1.17. The molecule has 0 aromatic heterocycles. The molecule has 2 saturated carbocycles. The van der Waals surface area contributed by atoms with E-state index in [4.69, 9.17) is 4.74 Å². The number of carbonyl (C=O) groups excluding carboxylic acids is 1. The van der Waals surface area contributed by atoms with E-state index in [-0.39, 0.29) is 30.5 Å². The Morgan fingerprint density at radius 1 is 1.32 bits per heavy atom. The van der Waals surface area contributed by atoms with Crippen LogP contribution in [0.3, 0.4) is 0 Å². The van der Waals surface area contributed by atoms with Gasteiger partial charge in [0.1, 0.15) is 12.7 Å². The Kier molecular flexibility index (Phi) is 4.86. The van der Waals surface area contributed by atoms with Gasteiger partial charge in [0.2, 0.25) is 0 Å². The van der Waals surface area contributed by atoms with E-state index in [0.29, 0.717) is 18.4 Å². The Morgan fingerprint density at radius 3 is 2.64 bits per heavy atom. The number of hydrogen-bond donors (Lipinski definition) is 3. The summed E-state index contributed by atoms with van der Waals surface area (Å²) in [5.41, 5.74) is 0.911. The van der Waals surface area contributed by atoms with Gasteiger partial charge in [-0.25, -0.2) is 4.79 Å². The van der Waals surface area contributed by atoms with Crippen LogP contribution in [0.25, 0.3) is 0 Å². The number of aliphatic hydroxyl groups is 3. The first-order chi connectivity index (χ1) is 11.7. The average Bonchev–Trinajstić information content (AvgIpc) is 2.89. The Balaban J connectivity index is 1.89. The monoisotopic (exact) mass is 350 g/mol. The van der Waals surface area contributed by atoms with Crippen molar-refractivity contribution in [3.05, 3.63) is 23.8 Å². The SMILES string of the molecule is C=C1CCC2C(C)(CO)C(O)CC[C@@]2(C)[C@@H]1C/C=C1/C(=O)OCC1O. The van der Waals surface area contributed by atoms with Crippen molar-refractivity contribution in [2.45, 2.75) is 58.2 Å². The van der Waals surface area contributed by atoms with Gasteiger partial charge in [-0.3, -0.25) is 0 Å². The van der Waals surface area contributed by atoms with E-state index in [1.165, 1.54) is 0 Å². The molecular formula is C20H30O5. The quantitative estimate of drug-likeness (QED) is 0.411. The molecule has 3 N–H and O–H groups in total. The van der Waals surface area contributed by atoms with Crippen LogP contribution in [0, 0.1) is 22.7 Å². The molecule has 1 saturated heterocycles. The third-order valence-electron chi connectivity index (χ3n) is 7.23. The van der Waals surface area contributed by atoms with Crippen molar-refractivity contribution in [2.75, 3.05) is 13.2 Å². The van der Waals surface area contributed by atoms with Crippen molar-refractivity contribution in [1.82, 2.24) is 0 Å². The second kappa shape index (κ2) is 6.53. The molecular weight excluding hydrogens is 320 g/mol. The summed E-state index contributed by atoms with van der Waals surface area (Å²) < 4.78 is 4.90. The normalized spacial score (nSPS) is 46.2. The molecule has 4 unspecified atom stereocenters. The predicted molar refractivity (Wildman–Crippen MR) is 93.6 cm³/mol. The van der Waals surface area contributed by atoms with E-state index in [1.54, 1.807) is 0 Å². The molecule has 0 spiro atoms. The van der Waals surface area contributed by atoms with Gasteiger partial charge in [0.25, 0.3) is 0 Å². The number of ether oxygens (including phenoxy) is 1.